The number of nitrogens with zero attached hydrogens (tertiary/aromatic N) is 3. The molecular formula is C9H10BrN5O2. The number of carbonyl (C=O) groups excluding carboxylic acids is 2. The summed E-state index contributed by atoms with van der Waals surface area (Å²) in [6.45, 7) is 0.203. The van der Waals surface area contributed by atoms with Crippen LogP contribution in [0.4, 0.5) is 11.6 Å². The van der Waals surface area contributed by atoms with Crippen molar-refractivity contribution in [2.24, 2.45) is 0 Å². The van der Waals surface area contributed by atoms with E-state index in [1.807, 2.05) is 0 Å². The Kier molecular flexibility index (Phi) is 3.23. The molecule has 0 radical (unpaired) electrons. The van der Waals surface area contributed by atoms with Gasteiger partial charge in [0.05, 0.1) is 13.1 Å². The SMILES string of the molecule is CNc1ncnc(N2CC(=O)NC(=O)C2)c1Br. The van der Waals surface area contributed by atoms with Crippen molar-refractivity contribution in [1.82, 2.24) is 15.3 Å². The van der Waals surface area contributed by atoms with Gasteiger partial charge < -0.3 is 10.2 Å². The van der Waals surface area contributed by atoms with Gasteiger partial charge in [0.25, 0.3) is 0 Å². The fourth-order valence-corrected chi connectivity index (χ4v) is 2.20. The van der Waals surface area contributed by atoms with E-state index in [0.717, 1.165) is 0 Å². The first kappa shape index (κ1) is 11.8. The molecule has 1 aliphatic heterocycles. The number of halogens is 1. The molecule has 1 aromatic heterocycles. The predicted octanol–water partition coefficient (Wildman–Crippen LogP) is -0.256. The van der Waals surface area contributed by atoms with Crippen LogP contribution in [0.1, 0.15) is 0 Å². The van der Waals surface area contributed by atoms with Gasteiger partial charge in [-0.3, -0.25) is 14.9 Å². The van der Waals surface area contributed by atoms with Gasteiger partial charge in [-0.25, -0.2) is 9.97 Å². The number of carbonyl (C=O) groups is 2. The summed E-state index contributed by atoms with van der Waals surface area (Å²) >= 11 is 3.34. The highest BCUT2D eigenvalue weighted by Gasteiger charge is 2.25. The Morgan fingerprint density at radius 3 is 2.59 bits per heavy atom. The molecule has 0 aromatic carbocycles. The van der Waals surface area contributed by atoms with Crippen LogP contribution in [-0.4, -0.2) is 41.9 Å². The lowest BCUT2D eigenvalue weighted by atomic mass is 10.3. The molecular weight excluding hydrogens is 290 g/mol. The van der Waals surface area contributed by atoms with Gasteiger partial charge in [0.1, 0.15) is 22.4 Å². The maximum atomic E-state index is 11.3. The van der Waals surface area contributed by atoms with Crippen molar-refractivity contribution < 1.29 is 9.59 Å². The van der Waals surface area contributed by atoms with E-state index in [1.54, 1.807) is 11.9 Å². The lowest BCUT2D eigenvalue weighted by Gasteiger charge is -2.27. The van der Waals surface area contributed by atoms with Gasteiger partial charge in [-0.05, 0) is 15.9 Å². The van der Waals surface area contributed by atoms with E-state index in [0.29, 0.717) is 16.1 Å². The molecule has 0 spiro atoms. The second-order valence-electron chi connectivity index (χ2n) is 3.44. The smallest absolute Gasteiger partial charge is 0.246 e. The second-order valence-corrected chi connectivity index (χ2v) is 4.23. The maximum absolute atomic E-state index is 11.3. The Bertz CT molecular complexity index is 462. The number of aromatic nitrogens is 2. The molecule has 90 valence electrons. The largest absolute Gasteiger partial charge is 0.372 e. The fraction of sp³-hybridized carbons (Fsp3) is 0.333. The lowest BCUT2D eigenvalue weighted by molar-refractivity contribution is -0.130. The first-order valence-corrected chi connectivity index (χ1v) is 5.67. The summed E-state index contributed by atoms with van der Waals surface area (Å²) in [5.41, 5.74) is 0. The minimum atomic E-state index is -0.335. The quantitative estimate of drug-likeness (QED) is 0.732. The van der Waals surface area contributed by atoms with Crippen molar-refractivity contribution in [2.45, 2.75) is 0 Å². The monoisotopic (exact) mass is 299 g/mol. The summed E-state index contributed by atoms with van der Waals surface area (Å²) in [7, 11) is 1.73. The Morgan fingerprint density at radius 1 is 1.35 bits per heavy atom. The minimum absolute atomic E-state index is 0.102. The van der Waals surface area contributed by atoms with Crippen LogP contribution >= 0.6 is 15.9 Å². The van der Waals surface area contributed by atoms with E-state index in [-0.39, 0.29) is 24.9 Å². The topological polar surface area (TPSA) is 87.2 Å². The first-order valence-electron chi connectivity index (χ1n) is 4.87. The van der Waals surface area contributed by atoms with Crippen molar-refractivity contribution >= 4 is 39.4 Å². The summed E-state index contributed by atoms with van der Waals surface area (Å²) in [6, 6.07) is 0. The molecule has 2 amide bonds. The maximum Gasteiger partial charge on any atom is 0.246 e. The molecule has 0 aliphatic carbocycles. The number of anilines is 2. The number of imide groups is 1. The normalized spacial score (nSPS) is 15.8. The van der Waals surface area contributed by atoms with Gasteiger partial charge >= 0.3 is 0 Å². The molecule has 2 rings (SSSR count). The zero-order valence-corrected chi connectivity index (χ0v) is 10.6. The van der Waals surface area contributed by atoms with Crippen LogP contribution in [0.3, 0.4) is 0 Å². The summed E-state index contributed by atoms with van der Waals surface area (Å²) in [5, 5.41) is 5.12. The molecule has 1 fully saturated rings. The number of nitrogens with one attached hydrogen (secondary N) is 2. The summed E-state index contributed by atoms with van der Waals surface area (Å²) in [5.74, 6) is 0.455. The molecule has 0 saturated carbocycles. The number of rotatable bonds is 2. The van der Waals surface area contributed by atoms with Crippen LogP contribution in [-0.2, 0) is 9.59 Å². The van der Waals surface area contributed by atoms with Crippen LogP contribution in [0.25, 0.3) is 0 Å². The highest BCUT2D eigenvalue weighted by atomic mass is 79.9. The molecule has 0 bridgehead atoms. The minimum Gasteiger partial charge on any atom is -0.372 e. The van der Waals surface area contributed by atoms with Crippen LogP contribution in [0.15, 0.2) is 10.8 Å². The van der Waals surface area contributed by atoms with Gasteiger partial charge in [0, 0.05) is 7.05 Å². The highest BCUT2D eigenvalue weighted by Crippen LogP contribution is 2.29. The van der Waals surface area contributed by atoms with Gasteiger partial charge in [0.2, 0.25) is 11.8 Å². The Morgan fingerprint density at radius 2 is 2.00 bits per heavy atom. The third-order valence-corrected chi connectivity index (χ3v) is 2.99. The zero-order chi connectivity index (χ0) is 12.4. The fourth-order valence-electron chi connectivity index (χ4n) is 1.54. The van der Waals surface area contributed by atoms with E-state index in [4.69, 9.17) is 0 Å². The number of amides is 2. The van der Waals surface area contributed by atoms with Crippen LogP contribution in [0, 0.1) is 0 Å². The molecule has 0 atom stereocenters. The van der Waals surface area contributed by atoms with Crippen LogP contribution in [0.2, 0.25) is 0 Å². The van der Waals surface area contributed by atoms with Gasteiger partial charge in [-0.15, -0.1) is 0 Å². The standard InChI is InChI=1S/C9H10BrN5O2/c1-11-8-7(10)9(13-4-12-8)15-2-5(16)14-6(17)3-15/h4H,2-3H2,1H3,(H,11,12,13)(H,14,16,17). The van der Waals surface area contributed by atoms with E-state index in [2.05, 4.69) is 36.5 Å². The molecule has 1 aliphatic rings. The van der Waals surface area contributed by atoms with Gasteiger partial charge in [0.15, 0.2) is 0 Å². The third-order valence-electron chi connectivity index (χ3n) is 2.26. The van der Waals surface area contributed by atoms with Crippen molar-refractivity contribution in [1.29, 1.82) is 0 Å². The van der Waals surface area contributed by atoms with Crippen molar-refractivity contribution in [2.75, 3.05) is 30.4 Å². The molecule has 1 saturated heterocycles. The third kappa shape index (κ3) is 2.36. The van der Waals surface area contributed by atoms with Gasteiger partial charge in [-0.2, -0.15) is 0 Å². The second kappa shape index (κ2) is 4.66. The van der Waals surface area contributed by atoms with Gasteiger partial charge in [-0.1, -0.05) is 0 Å². The molecule has 1 aromatic rings. The lowest BCUT2D eigenvalue weighted by Crippen LogP contribution is -2.51. The molecule has 2 heterocycles. The summed E-state index contributed by atoms with van der Waals surface area (Å²) in [4.78, 5) is 32.2. The van der Waals surface area contributed by atoms with Crippen molar-refractivity contribution in [3.63, 3.8) is 0 Å². The molecule has 0 unspecified atom stereocenters. The van der Waals surface area contributed by atoms with E-state index < -0.39 is 0 Å². The van der Waals surface area contributed by atoms with Crippen LogP contribution in [0.5, 0.6) is 0 Å². The highest BCUT2D eigenvalue weighted by molar-refractivity contribution is 9.10. The number of hydrogen-bond acceptors (Lipinski definition) is 6. The van der Waals surface area contributed by atoms with Crippen LogP contribution < -0.4 is 15.5 Å². The summed E-state index contributed by atoms with van der Waals surface area (Å²) < 4.78 is 0.630. The Labute approximate surface area is 106 Å². The Balaban J connectivity index is 2.33. The molecule has 8 heteroatoms. The van der Waals surface area contributed by atoms with E-state index in [9.17, 15) is 9.59 Å². The Hall–Kier alpha value is -1.70. The first-order chi connectivity index (χ1) is 8.11. The van der Waals surface area contributed by atoms with E-state index >= 15 is 0 Å². The van der Waals surface area contributed by atoms with E-state index in [1.165, 1.54) is 6.33 Å². The molecule has 2 N–H and O–H groups in total. The number of piperazine rings is 1. The van der Waals surface area contributed by atoms with Crippen molar-refractivity contribution in [3.05, 3.63) is 10.8 Å². The average Bonchev–Trinajstić information content (AvgIpc) is 2.28. The molecule has 7 nitrogen and oxygen atoms in total. The molecule has 17 heavy (non-hydrogen) atoms. The average molecular weight is 300 g/mol. The summed E-state index contributed by atoms with van der Waals surface area (Å²) in [6.07, 6.45) is 1.38. The number of hydrogen-bond donors (Lipinski definition) is 2. The van der Waals surface area contributed by atoms with Crippen molar-refractivity contribution in [3.8, 4) is 0 Å². The zero-order valence-electron chi connectivity index (χ0n) is 9.03. The predicted molar refractivity (Wildman–Crippen MR) is 64.6 cm³/mol.